The second kappa shape index (κ2) is 8.28. The molecule has 3 aromatic rings. The van der Waals surface area contributed by atoms with Crippen molar-refractivity contribution in [3.8, 4) is 0 Å². The Morgan fingerprint density at radius 3 is 2.61 bits per heavy atom. The number of rotatable bonds is 6. The molecular formula is C23H17ClFN3O3. The molecule has 8 heteroatoms. The topological polar surface area (TPSA) is 103 Å². The SMILES string of the molecule is N=C(c1ccc(C(=O)O)cc1F)c1ncccc1NC(=O)c1c(Cl)cccc1C1CC1. The van der Waals surface area contributed by atoms with Crippen LogP contribution in [0.4, 0.5) is 10.1 Å². The average Bonchev–Trinajstić information content (AvgIpc) is 3.58. The molecule has 1 heterocycles. The number of carbonyl (C=O) groups excluding carboxylic acids is 1. The van der Waals surface area contributed by atoms with Crippen molar-refractivity contribution in [2.45, 2.75) is 18.8 Å². The zero-order valence-electron chi connectivity index (χ0n) is 16.2. The minimum atomic E-state index is -1.27. The number of halogens is 2. The molecule has 0 saturated heterocycles. The highest BCUT2D eigenvalue weighted by Gasteiger charge is 2.29. The number of nitrogens with zero attached hydrogens (tertiary/aromatic N) is 1. The van der Waals surface area contributed by atoms with Crippen LogP contribution in [0.1, 0.15) is 56.3 Å². The summed E-state index contributed by atoms with van der Waals surface area (Å²) in [4.78, 5) is 28.2. The molecule has 0 spiro atoms. The predicted octanol–water partition coefficient (Wildman–Crippen LogP) is 5.12. The van der Waals surface area contributed by atoms with Crippen LogP contribution in [-0.4, -0.2) is 27.7 Å². The van der Waals surface area contributed by atoms with E-state index in [1.807, 2.05) is 12.1 Å². The van der Waals surface area contributed by atoms with Crippen molar-refractivity contribution in [3.05, 3.63) is 93.5 Å². The number of benzene rings is 2. The van der Waals surface area contributed by atoms with Gasteiger partial charge in [0, 0.05) is 11.8 Å². The first-order valence-electron chi connectivity index (χ1n) is 9.53. The van der Waals surface area contributed by atoms with Gasteiger partial charge in [-0.3, -0.25) is 15.2 Å². The number of anilines is 1. The van der Waals surface area contributed by atoms with E-state index in [4.69, 9.17) is 22.1 Å². The van der Waals surface area contributed by atoms with E-state index in [1.54, 1.807) is 18.2 Å². The second-order valence-corrected chi connectivity index (χ2v) is 7.61. The number of hydrogen-bond donors (Lipinski definition) is 3. The van der Waals surface area contributed by atoms with Gasteiger partial charge >= 0.3 is 5.97 Å². The molecule has 6 nitrogen and oxygen atoms in total. The van der Waals surface area contributed by atoms with Crippen molar-refractivity contribution >= 4 is 34.9 Å². The van der Waals surface area contributed by atoms with Crippen LogP contribution in [-0.2, 0) is 0 Å². The van der Waals surface area contributed by atoms with Gasteiger partial charge in [0.2, 0.25) is 0 Å². The maximum absolute atomic E-state index is 14.5. The monoisotopic (exact) mass is 437 g/mol. The van der Waals surface area contributed by atoms with Gasteiger partial charge in [-0.15, -0.1) is 0 Å². The smallest absolute Gasteiger partial charge is 0.335 e. The summed E-state index contributed by atoms with van der Waals surface area (Å²) in [5.74, 6) is -2.27. The van der Waals surface area contributed by atoms with Crippen molar-refractivity contribution in [2.24, 2.45) is 0 Å². The molecular weight excluding hydrogens is 421 g/mol. The number of carbonyl (C=O) groups is 2. The van der Waals surface area contributed by atoms with Crippen LogP contribution >= 0.6 is 11.6 Å². The Labute approximate surface area is 182 Å². The molecule has 31 heavy (non-hydrogen) atoms. The van der Waals surface area contributed by atoms with Crippen molar-refractivity contribution in [2.75, 3.05) is 5.32 Å². The molecule has 3 N–H and O–H groups in total. The highest BCUT2D eigenvalue weighted by Crippen LogP contribution is 2.43. The van der Waals surface area contributed by atoms with E-state index < -0.39 is 17.7 Å². The largest absolute Gasteiger partial charge is 0.478 e. The highest BCUT2D eigenvalue weighted by atomic mass is 35.5. The van der Waals surface area contributed by atoms with Gasteiger partial charge in [0.25, 0.3) is 5.91 Å². The van der Waals surface area contributed by atoms with Crippen LogP contribution < -0.4 is 5.32 Å². The maximum Gasteiger partial charge on any atom is 0.335 e. The minimum Gasteiger partial charge on any atom is -0.478 e. The number of amides is 1. The summed E-state index contributed by atoms with van der Waals surface area (Å²) in [5.41, 5.74) is 0.891. The molecule has 1 aliphatic carbocycles. The van der Waals surface area contributed by atoms with Gasteiger partial charge < -0.3 is 10.4 Å². The Morgan fingerprint density at radius 2 is 1.94 bits per heavy atom. The van der Waals surface area contributed by atoms with Crippen LogP contribution in [0.3, 0.4) is 0 Å². The predicted molar refractivity (Wildman–Crippen MR) is 115 cm³/mol. The molecule has 1 fully saturated rings. The van der Waals surface area contributed by atoms with Gasteiger partial charge in [0.1, 0.15) is 11.5 Å². The van der Waals surface area contributed by atoms with Gasteiger partial charge in [-0.1, -0.05) is 23.7 Å². The standard InChI is InChI=1S/C23H17ClFN3O3/c24-16-4-1-3-14(12-6-7-12)19(16)22(29)28-18-5-2-10-27-21(18)20(26)15-9-8-13(23(30)31)11-17(15)25/h1-5,8-12,26H,6-7H2,(H,28,29)(H,30,31). The third-order valence-electron chi connectivity index (χ3n) is 5.07. The number of nitrogens with one attached hydrogen (secondary N) is 2. The molecule has 0 aliphatic heterocycles. The first-order chi connectivity index (χ1) is 14.9. The first kappa shape index (κ1) is 20.7. The molecule has 0 radical (unpaired) electrons. The third-order valence-corrected chi connectivity index (χ3v) is 5.38. The zero-order chi connectivity index (χ0) is 22.1. The molecule has 0 unspecified atom stereocenters. The molecule has 156 valence electrons. The Balaban J connectivity index is 1.67. The van der Waals surface area contributed by atoms with Crippen molar-refractivity contribution in [3.63, 3.8) is 0 Å². The molecule has 2 aromatic carbocycles. The third kappa shape index (κ3) is 4.18. The van der Waals surface area contributed by atoms with E-state index in [2.05, 4.69) is 10.3 Å². The summed E-state index contributed by atoms with van der Waals surface area (Å²) in [5, 5.41) is 20.5. The zero-order valence-corrected chi connectivity index (χ0v) is 16.9. The Bertz CT molecular complexity index is 1220. The second-order valence-electron chi connectivity index (χ2n) is 7.21. The number of aromatic carboxylic acids is 1. The molecule has 0 atom stereocenters. The normalized spacial score (nSPS) is 13.0. The van der Waals surface area contributed by atoms with Gasteiger partial charge in [-0.2, -0.15) is 0 Å². The quantitative estimate of drug-likeness (QED) is 0.466. The highest BCUT2D eigenvalue weighted by molar-refractivity contribution is 6.34. The number of pyridine rings is 1. The van der Waals surface area contributed by atoms with E-state index in [1.165, 1.54) is 18.3 Å². The van der Waals surface area contributed by atoms with Gasteiger partial charge in [-0.05, 0) is 60.7 Å². The lowest BCUT2D eigenvalue weighted by Gasteiger charge is -2.14. The summed E-state index contributed by atoms with van der Waals surface area (Å²) >= 11 is 6.31. The number of hydrogen-bond acceptors (Lipinski definition) is 4. The van der Waals surface area contributed by atoms with Crippen LogP contribution in [0.5, 0.6) is 0 Å². The van der Waals surface area contributed by atoms with Gasteiger partial charge in [0.05, 0.1) is 27.5 Å². The van der Waals surface area contributed by atoms with Crippen LogP contribution in [0.2, 0.25) is 5.02 Å². The molecule has 1 amide bonds. The Hall–Kier alpha value is -3.58. The Morgan fingerprint density at radius 1 is 1.16 bits per heavy atom. The summed E-state index contributed by atoms with van der Waals surface area (Å²) in [6.07, 6.45) is 3.41. The van der Waals surface area contributed by atoms with E-state index in [-0.39, 0.29) is 28.2 Å². The van der Waals surface area contributed by atoms with Crippen LogP contribution in [0.25, 0.3) is 0 Å². The van der Waals surface area contributed by atoms with E-state index in [0.29, 0.717) is 16.5 Å². The average molecular weight is 438 g/mol. The fourth-order valence-corrected chi connectivity index (χ4v) is 3.65. The van der Waals surface area contributed by atoms with Crippen molar-refractivity contribution < 1.29 is 19.1 Å². The lowest BCUT2D eigenvalue weighted by Crippen LogP contribution is -2.18. The fraction of sp³-hybridized carbons (Fsp3) is 0.130. The maximum atomic E-state index is 14.5. The van der Waals surface area contributed by atoms with Crippen LogP contribution in [0.15, 0.2) is 54.7 Å². The molecule has 1 aliphatic rings. The fourth-order valence-electron chi connectivity index (χ4n) is 3.38. The lowest BCUT2D eigenvalue weighted by atomic mass is 10.0. The van der Waals surface area contributed by atoms with E-state index >= 15 is 0 Å². The molecule has 0 bridgehead atoms. The van der Waals surface area contributed by atoms with E-state index in [0.717, 1.165) is 24.5 Å². The number of aromatic nitrogens is 1. The summed E-state index contributed by atoms with van der Waals surface area (Å²) in [6, 6.07) is 11.7. The lowest BCUT2D eigenvalue weighted by molar-refractivity contribution is 0.0696. The van der Waals surface area contributed by atoms with Crippen molar-refractivity contribution in [1.82, 2.24) is 4.98 Å². The van der Waals surface area contributed by atoms with Gasteiger partial charge in [-0.25, -0.2) is 9.18 Å². The summed E-state index contributed by atoms with van der Waals surface area (Å²) in [6.45, 7) is 0. The van der Waals surface area contributed by atoms with Crippen molar-refractivity contribution in [1.29, 1.82) is 5.41 Å². The summed E-state index contributed by atoms with van der Waals surface area (Å²) in [7, 11) is 0. The van der Waals surface area contributed by atoms with Gasteiger partial charge in [0.15, 0.2) is 0 Å². The Kier molecular flexibility index (Phi) is 5.52. The molecule has 1 aromatic heterocycles. The number of carboxylic acids is 1. The van der Waals surface area contributed by atoms with Crippen LogP contribution in [0, 0.1) is 11.2 Å². The summed E-state index contributed by atoms with van der Waals surface area (Å²) < 4.78 is 14.5. The van der Waals surface area contributed by atoms with E-state index in [9.17, 15) is 14.0 Å². The molecule has 4 rings (SSSR count). The first-order valence-corrected chi connectivity index (χ1v) is 9.91. The molecule has 1 saturated carbocycles. The number of carboxylic acid groups (broad SMARTS) is 1. The minimum absolute atomic E-state index is 0.0536.